The third-order valence-corrected chi connectivity index (χ3v) is 3.35. The number of amides is 1. The molecule has 1 N–H and O–H groups in total. The van der Waals surface area contributed by atoms with Crippen LogP contribution in [0.5, 0.6) is 0 Å². The minimum atomic E-state index is -0.578. The van der Waals surface area contributed by atoms with Gasteiger partial charge in [0, 0.05) is 18.2 Å². The van der Waals surface area contributed by atoms with E-state index in [-0.39, 0.29) is 29.6 Å². The quantitative estimate of drug-likeness (QED) is 0.660. The lowest BCUT2D eigenvalue weighted by atomic mass is 10.2. The lowest BCUT2D eigenvalue weighted by molar-refractivity contribution is -0.384. The third-order valence-electron chi connectivity index (χ3n) is 3.35. The highest BCUT2D eigenvalue weighted by atomic mass is 16.6. The fourth-order valence-electron chi connectivity index (χ4n) is 1.95. The topological polar surface area (TPSA) is 107 Å². The molecule has 1 aromatic heterocycles. The molecule has 1 atom stereocenters. The predicted molar refractivity (Wildman–Crippen MR) is 80.6 cm³/mol. The maximum Gasteiger partial charge on any atom is 0.270 e. The Labute approximate surface area is 125 Å². The van der Waals surface area contributed by atoms with Gasteiger partial charge in [0.2, 0.25) is 5.91 Å². The van der Waals surface area contributed by atoms with Crippen molar-refractivity contribution in [3.63, 3.8) is 0 Å². The number of fused-ring (bicyclic) bond motifs is 1. The number of nitrogens with zero attached hydrogens (tertiary/aromatic N) is 3. The van der Waals surface area contributed by atoms with Crippen LogP contribution < -0.4 is 10.9 Å². The van der Waals surface area contributed by atoms with Gasteiger partial charge in [0.15, 0.2) is 0 Å². The second-order valence-corrected chi connectivity index (χ2v) is 5.01. The Hall–Kier alpha value is -2.77. The Morgan fingerprint density at radius 3 is 2.86 bits per heavy atom. The fourth-order valence-corrected chi connectivity index (χ4v) is 1.95. The van der Waals surface area contributed by atoms with E-state index in [1.54, 1.807) is 0 Å². The van der Waals surface area contributed by atoms with Crippen LogP contribution in [0.25, 0.3) is 10.9 Å². The Kier molecular flexibility index (Phi) is 4.50. The number of nitro benzene ring substituents is 1. The molecule has 0 aliphatic rings. The predicted octanol–water partition coefficient (Wildman–Crippen LogP) is 1.22. The van der Waals surface area contributed by atoms with Gasteiger partial charge >= 0.3 is 0 Å². The Bertz CT molecular complexity index is 784. The minimum Gasteiger partial charge on any atom is -0.352 e. The van der Waals surface area contributed by atoms with Crippen LogP contribution in [-0.2, 0) is 11.3 Å². The highest BCUT2D eigenvalue weighted by Crippen LogP contribution is 2.16. The van der Waals surface area contributed by atoms with Gasteiger partial charge in [0.25, 0.3) is 11.2 Å². The summed E-state index contributed by atoms with van der Waals surface area (Å²) in [4.78, 5) is 38.4. The summed E-state index contributed by atoms with van der Waals surface area (Å²) >= 11 is 0. The van der Waals surface area contributed by atoms with Gasteiger partial charge in [0.05, 0.1) is 22.2 Å². The second kappa shape index (κ2) is 6.33. The molecule has 0 aliphatic heterocycles. The van der Waals surface area contributed by atoms with E-state index < -0.39 is 10.5 Å². The molecule has 1 aromatic carbocycles. The molecule has 8 nitrogen and oxygen atoms in total. The Balaban J connectivity index is 2.35. The van der Waals surface area contributed by atoms with Crippen molar-refractivity contribution in [3.8, 4) is 0 Å². The van der Waals surface area contributed by atoms with Crippen LogP contribution >= 0.6 is 0 Å². The average molecular weight is 304 g/mol. The molecule has 0 radical (unpaired) electrons. The summed E-state index contributed by atoms with van der Waals surface area (Å²) in [6.07, 6.45) is 2.05. The number of hydrogen-bond acceptors (Lipinski definition) is 5. The number of carbonyl (C=O) groups excluding carboxylic acids is 1. The van der Waals surface area contributed by atoms with Crippen molar-refractivity contribution in [2.24, 2.45) is 0 Å². The average Bonchev–Trinajstić information content (AvgIpc) is 2.49. The molecule has 1 unspecified atom stereocenters. The molecule has 0 bridgehead atoms. The first-order valence-electron chi connectivity index (χ1n) is 6.85. The Morgan fingerprint density at radius 2 is 2.23 bits per heavy atom. The normalized spacial score (nSPS) is 12.1. The van der Waals surface area contributed by atoms with Gasteiger partial charge in [-0.2, -0.15) is 0 Å². The zero-order valence-electron chi connectivity index (χ0n) is 12.3. The number of nitrogens with one attached hydrogen (secondary N) is 1. The number of aromatic nitrogens is 2. The minimum absolute atomic E-state index is 0.0118. The van der Waals surface area contributed by atoms with Crippen LogP contribution in [0.4, 0.5) is 5.69 Å². The van der Waals surface area contributed by atoms with E-state index in [2.05, 4.69) is 10.3 Å². The van der Waals surface area contributed by atoms with Crippen LogP contribution in [0.3, 0.4) is 0 Å². The number of nitro groups is 1. The van der Waals surface area contributed by atoms with Gasteiger partial charge in [-0.1, -0.05) is 6.92 Å². The van der Waals surface area contributed by atoms with Crippen LogP contribution in [-0.4, -0.2) is 26.4 Å². The lowest BCUT2D eigenvalue weighted by Crippen LogP contribution is -2.37. The second-order valence-electron chi connectivity index (χ2n) is 5.01. The van der Waals surface area contributed by atoms with Crippen molar-refractivity contribution in [2.45, 2.75) is 32.9 Å². The molecule has 0 saturated heterocycles. The van der Waals surface area contributed by atoms with Crippen molar-refractivity contribution in [1.82, 2.24) is 14.9 Å². The molecule has 0 aliphatic carbocycles. The maximum absolute atomic E-state index is 12.3. The van der Waals surface area contributed by atoms with E-state index in [9.17, 15) is 19.7 Å². The molecular weight excluding hydrogens is 288 g/mol. The molecule has 0 spiro atoms. The van der Waals surface area contributed by atoms with Crippen molar-refractivity contribution < 1.29 is 9.72 Å². The summed E-state index contributed by atoms with van der Waals surface area (Å²) in [6.45, 7) is 3.63. The van der Waals surface area contributed by atoms with Crippen LogP contribution in [0, 0.1) is 10.1 Å². The number of hydrogen-bond donors (Lipinski definition) is 1. The van der Waals surface area contributed by atoms with E-state index in [0.717, 1.165) is 11.0 Å². The molecule has 1 heterocycles. The molecule has 2 rings (SSSR count). The summed E-state index contributed by atoms with van der Waals surface area (Å²) < 4.78 is 1.14. The van der Waals surface area contributed by atoms with Crippen LogP contribution in [0.2, 0.25) is 0 Å². The lowest BCUT2D eigenvalue weighted by Gasteiger charge is -2.12. The first-order valence-corrected chi connectivity index (χ1v) is 6.85. The Morgan fingerprint density at radius 1 is 1.50 bits per heavy atom. The van der Waals surface area contributed by atoms with Gasteiger partial charge in [-0.3, -0.25) is 24.3 Å². The summed E-state index contributed by atoms with van der Waals surface area (Å²) in [6, 6.07) is 3.89. The molecule has 0 saturated carbocycles. The highest BCUT2D eigenvalue weighted by Gasteiger charge is 2.13. The van der Waals surface area contributed by atoms with Gasteiger partial charge in [-0.05, 0) is 19.4 Å². The van der Waals surface area contributed by atoms with Crippen molar-refractivity contribution in [1.29, 1.82) is 0 Å². The molecule has 2 aromatic rings. The largest absolute Gasteiger partial charge is 0.352 e. The van der Waals surface area contributed by atoms with E-state index in [4.69, 9.17) is 0 Å². The monoisotopic (exact) mass is 304 g/mol. The van der Waals surface area contributed by atoms with Gasteiger partial charge in [0.1, 0.15) is 6.54 Å². The standard InChI is InChI=1S/C14H16N4O4/c1-3-9(2)16-13(19)7-17-8-15-12-5-4-10(18(21)22)6-11(12)14(17)20/h4-6,8-9H,3,7H2,1-2H3,(H,16,19). The smallest absolute Gasteiger partial charge is 0.270 e. The maximum atomic E-state index is 12.3. The van der Waals surface area contributed by atoms with E-state index in [1.165, 1.54) is 24.5 Å². The zero-order valence-corrected chi connectivity index (χ0v) is 12.3. The summed E-state index contributed by atoms with van der Waals surface area (Å²) in [7, 11) is 0. The number of rotatable bonds is 5. The number of non-ortho nitro benzene ring substituents is 1. The summed E-state index contributed by atoms with van der Waals surface area (Å²) in [5, 5.41) is 13.7. The number of benzene rings is 1. The van der Waals surface area contributed by atoms with Gasteiger partial charge in [-0.25, -0.2) is 4.98 Å². The SMILES string of the molecule is CCC(C)NC(=O)Cn1cnc2ccc([N+](=O)[O-])cc2c1=O. The molecule has 22 heavy (non-hydrogen) atoms. The van der Waals surface area contributed by atoms with E-state index in [1.807, 2.05) is 13.8 Å². The summed E-state index contributed by atoms with van der Waals surface area (Å²) in [5.41, 5.74) is -0.310. The fraction of sp³-hybridized carbons (Fsp3) is 0.357. The molecule has 116 valence electrons. The van der Waals surface area contributed by atoms with Crippen molar-refractivity contribution in [3.05, 3.63) is 45.0 Å². The number of carbonyl (C=O) groups is 1. The van der Waals surface area contributed by atoms with Crippen molar-refractivity contribution >= 4 is 22.5 Å². The van der Waals surface area contributed by atoms with Crippen LogP contribution in [0.1, 0.15) is 20.3 Å². The first-order chi connectivity index (χ1) is 10.4. The van der Waals surface area contributed by atoms with E-state index >= 15 is 0 Å². The molecule has 8 heteroatoms. The van der Waals surface area contributed by atoms with Gasteiger partial charge in [-0.15, -0.1) is 0 Å². The summed E-state index contributed by atoms with van der Waals surface area (Å²) in [5.74, 6) is -0.303. The molecular formula is C14H16N4O4. The highest BCUT2D eigenvalue weighted by molar-refractivity contribution is 5.80. The van der Waals surface area contributed by atoms with E-state index in [0.29, 0.717) is 5.52 Å². The molecule has 0 fully saturated rings. The van der Waals surface area contributed by atoms with Crippen LogP contribution in [0.15, 0.2) is 29.3 Å². The zero-order chi connectivity index (χ0) is 16.3. The molecule has 1 amide bonds. The third kappa shape index (κ3) is 3.27. The first kappa shape index (κ1) is 15.6. The van der Waals surface area contributed by atoms with Crippen molar-refractivity contribution in [2.75, 3.05) is 0 Å². The van der Waals surface area contributed by atoms with Gasteiger partial charge < -0.3 is 5.32 Å².